The molecule has 1 aromatic rings. The number of thiazole rings is 1. The van der Waals surface area contributed by atoms with E-state index in [1.807, 2.05) is 0 Å². The van der Waals surface area contributed by atoms with Crippen LogP contribution in [0.3, 0.4) is 0 Å². The van der Waals surface area contributed by atoms with Gasteiger partial charge < -0.3 is 16.0 Å². The first-order chi connectivity index (χ1) is 9.10. The topological polar surface area (TPSA) is 71.2 Å². The average Bonchev–Trinajstić information content (AvgIpc) is 2.88. The Morgan fingerprint density at radius 1 is 1.58 bits per heavy atom. The number of hydrogen-bond donors (Lipinski definition) is 2. The summed E-state index contributed by atoms with van der Waals surface area (Å²) in [5.41, 5.74) is 6.00. The predicted octanol–water partition coefficient (Wildman–Crippen LogP) is 1.20. The van der Waals surface area contributed by atoms with Gasteiger partial charge in [0.2, 0.25) is 0 Å². The van der Waals surface area contributed by atoms with Gasteiger partial charge >= 0.3 is 0 Å². The summed E-state index contributed by atoms with van der Waals surface area (Å²) in [6.45, 7) is 6.91. The molecule has 0 atom stereocenters. The van der Waals surface area contributed by atoms with Crippen molar-refractivity contribution in [1.29, 1.82) is 0 Å². The fourth-order valence-electron chi connectivity index (χ4n) is 2.33. The minimum absolute atomic E-state index is 0.0704. The highest BCUT2D eigenvalue weighted by molar-refractivity contribution is 7.09. The van der Waals surface area contributed by atoms with Crippen molar-refractivity contribution in [3.05, 3.63) is 16.1 Å². The first-order valence-electron chi connectivity index (χ1n) is 6.79. The molecule has 1 fully saturated rings. The molecule has 0 bridgehead atoms. The Labute approximate surface area is 118 Å². The zero-order valence-electron chi connectivity index (χ0n) is 11.6. The lowest BCUT2D eigenvalue weighted by Gasteiger charge is -2.34. The molecule has 1 aliphatic rings. The summed E-state index contributed by atoms with van der Waals surface area (Å²) in [5, 5.41) is 5.65. The van der Waals surface area contributed by atoms with E-state index < -0.39 is 0 Å². The highest BCUT2D eigenvalue weighted by Gasteiger charge is 2.23. The highest BCUT2D eigenvalue weighted by atomic mass is 32.1. The number of nitrogens with two attached hydrogens (primary N) is 1. The molecule has 3 N–H and O–H groups in total. The van der Waals surface area contributed by atoms with Gasteiger partial charge in [0.15, 0.2) is 0 Å². The number of aromatic nitrogens is 1. The summed E-state index contributed by atoms with van der Waals surface area (Å²) in [6.07, 6.45) is 2.02. The zero-order chi connectivity index (χ0) is 13.8. The van der Waals surface area contributed by atoms with Crippen LogP contribution in [-0.2, 0) is 6.54 Å². The van der Waals surface area contributed by atoms with Crippen LogP contribution in [0.25, 0.3) is 0 Å². The van der Waals surface area contributed by atoms with E-state index in [4.69, 9.17) is 5.73 Å². The average molecular weight is 282 g/mol. The van der Waals surface area contributed by atoms with E-state index in [-0.39, 0.29) is 11.9 Å². The van der Waals surface area contributed by atoms with Crippen LogP contribution in [0.5, 0.6) is 0 Å². The monoisotopic (exact) mass is 282 g/mol. The van der Waals surface area contributed by atoms with Gasteiger partial charge in [-0.2, -0.15) is 0 Å². The highest BCUT2D eigenvalue weighted by Crippen LogP contribution is 2.14. The Kier molecular flexibility index (Phi) is 4.90. The Balaban J connectivity index is 1.83. The van der Waals surface area contributed by atoms with Gasteiger partial charge in [0, 0.05) is 37.1 Å². The maximum absolute atomic E-state index is 12.0. The van der Waals surface area contributed by atoms with Crippen LogP contribution in [0.4, 0.5) is 0 Å². The van der Waals surface area contributed by atoms with Crippen molar-refractivity contribution >= 4 is 17.2 Å². The maximum atomic E-state index is 12.0. The minimum Gasteiger partial charge on any atom is -0.348 e. The normalized spacial score (nSPS) is 17.9. The molecule has 2 rings (SSSR count). The van der Waals surface area contributed by atoms with Crippen molar-refractivity contribution in [2.45, 2.75) is 45.3 Å². The zero-order valence-corrected chi connectivity index (χ0v) is 12.4. The van der Waals surface area contributed by atoms with Crippen LogP contribution < -0.4 is 11.1 Å². The summed E-state index contributed by atoms with van der Waals surface area (Å²) < 4.78 is 0. The lowest BCUT2D eigenvalue weighted by atomic mass is 10.0. The number of nitrogens with zero attached hydrogens (tertiary/aromatic N) is 2. The quantitative estimate of drug-likeness (QED) is 0.870. The number of carbonyl (C=O) groups is 1. The number of rotatable bonds is 4. The Bertz CT molecular complexity index is 424. The molecule has 0 radical (unpaired) electrons. The Morgan fingerprint density at radius 2 is 2.26 bits per heavy atom. The summed E-state index contributed by atoms with van der Waals surface area (Å²) in [6, 6.07) is 0.854. The molecular weight excluding hydrogens is 260 g/mol. The second kappa shape index (κ2) is 6.45. The van der Waals surface area contributed by atoms with Crippen LogP contribution in [0.15, 0.2) is 5.38 Å². The molecule has 0 saturated carbocycles. The SMILES string of the molecule is CC(C)N1CCC(NC(=O)c2csc(CN)n2)CC1. The van der Waals surface area contributed by atoms with E-state index in [2.05, 4.69) is 29.0 Å². The number of piperidine rings is 1. The third-order valence-electron chi connectivity index (χ3n) is 3.55. The molecule has 0 unspecified atom stereocenters. The van der Waals surface area contributed by atoms with Crippen molar-refractivity contribution in [2.24, 2.45) is 5.73 Å². The number of amides is 1. The van der Waals surface area contributed by atoms with Gasteiger partial charge in [-0.25, -0.2) is 4.98 Å². The standard InChI is InChI=1S/C13H22N4OS/c1-9(2)17-5-3-10(4-6-17)15-13(18)11-8-19-12(7-14)16-11/h8-10H,3-7,14H2,1-2H3,(H,15,18). The van der Waals surface area contributed by atoms with Crippen molar-refractivity contribution in [3.63, 3.8) is 0 Å². The molecular formula is C13H22N4OS. The van der Waals surface area contributed by atoms with E-state index >= 15 is 0 Å². The summed E-state index contributed by atoms with van der Waals surface area (Å²) in [4.78, 5) is 18.7. The van der Waals surface area contributed by atoms with Crippen LogP contribution in [-0.4, -0.2) is 41.0 Å². The third kappa shape index (κ3) is 3.75. The fraction of sp³-hybridized carbons (Fsp3) is 0.692. The van der Waals surface area contributed by atoms with Crippen molar-refractivity contribution in [2.75, 3.05) is 13.1 Å². The molecule has 1 aliphatic heterocycles. The Hall–Kier alpha value is -0.980. The number of hydrogen-bond acceptors (Lipinski definition) is 5. The van der Waals surface area contributed by atoms with Gasteiger partial charge in [-0.1, -0.05) is 0 Å². The summed E-state index contributed by atoms with van der Waals surface area (Å²) >= 11 is 1.44. The van der Waals surface area contributed by atoms with Gasteiger partial charge in [-0.15, -0.1) is 11.3 Å². The minimum atomic E-state index is -0.0704. The van der Waals surface area contributed by atoms with Crippen molar-refractivity contribution in [3.8, 4) is 0 Å². The van der Waals surface area contributed by atoms with Crippen LogP contribution in [0.1, 0.15) is 42.2 Å². The summed E-state index contributed by atoms with van der Waals surface area (Å²) in [5.74, 6) is -0.0704. The van der Waals surface area contributed by atoms with Crippen molar-refractivity contribution in [1.82, 2.24) is 15.2 Å². The molecule has 5 nitrogen and oxygen atoms in total. The molecule has 0 spiro atoms. The molecule has 0 aromatic carbocycles. The molecule has 19 heavy (non-hydrogen) atoms. The number of nitrogens with one attached hydrogen (secondary N) is 1. The summed E-state index contributed by atoms with van der Waals surface area (Å²) in [7, 11) is 0. The second-order valence-corrected chi connectivity index (χ2v) is 6.15. The van der Waals surface area contributed by atoms with Crippen molar-refractivity contribution < 1.29 is 4.79 Å². The number of carbonyl (C=O) groups excluding carboxylic acids is 1. The van der Waals surface area contributed by atoms with Gasteiger partial charge in [0.05, 0.1) is 0 Å². The largest absolute Gasteiger partial charge is 0.348 e. The van der Waals surface area contributed by atoms with Gasteiger partial charge in [0.25, 0.3) is 5.91 Å². The molecule has 1 amide bonds. The van der Waals surface area contributed by atoms with Gasteiger partial charge in [0.1, 0.15) is 10.7 Å². The third-order valence-corrected chi connectivity index (χ3v) is 4.43. The maximum Gasteiger partial charge on any atom is 0.270 e. The fourth-order valence-corrected chi connectivity index (χ4v) is 2.98. The van der Waals surface area contributed by atoms with Gasteiger partial charge in [-0.3, -0.25) is 4.79 Å². The van der Waals surface area contributed by atoms with E-state index in [1.54, 1.807) is 5.38 Å². The number of likely N-dealkylation sites (tertiary alicyclic amines) is 1. The molecule has 2 heterocycles. The smallest absolute Gasteiger partial charge is 0.270 e. The van der Waals surface area contributed by atoms with Crippen LogP contribution in [0, 0.1) is 0 Å². The second-order valence-electron chi connectivity index (χ2n) is 5.21. The Morgan fingerprint density at radius 3 is 2.79 bits per heavy atom. The molecule has 1 aromatic heterocycles. The van der Waals surface area contributed by atoms with E-state index in [9.17, 15) is 4.79 Å². The van der Waals surface area contributed by atoms with Crippen LogP contribution >= 0.6 is 11.3 Å². The first kappa shape index (κ1) is 14.4. The molecule has 1 saturated heterocycles. The van der Waals surface area contributed by atoms with E-state index in [1.165, 1.54) is 11.3 Å². The van der Waals surface area contributed by atoms with E-state index in [0.29, 0.717) is 18.3 Å². The van der Waals surface area contributed by atoms with Crippen LogP contribution in [0.2, 0.25) is 0 Å². The lowest BCUT2D eigenvalue weighted by molar-refractivity contribution is 0.0896. The van der Waals surface area contributed by atoms with E-state index in [0.717, 1.165) is 30.9 Å². The lowest BCUT2D eigenvalue weighted by Crippen LogP contribution is -2.46. The molecule has 6 heteroatoms. The van der Waals surface area contributed by atoms with Gasteiger partial charge in [-0.05, 0) is 26.7 Å². The molecule has 0 aliphatic carbocycles. The molecule has 106 valence electrons. The predicted molar refractivity (Wildman–Crippen MR) is 77.2 cm³/mol. The first-order valence-corrected chi connectivity index (χ1v) is 7.67.